The Labute approximate surface area is 122 Å². The molecule has 1 aromatic carbocycles. The van der Waals surface area contributed by atoms with Gasteiger partial charge in [0.25, 0.3) is 5.56 Å². The summed E-state index contributed by atoms with van der Waals surface area (Å²) in [5.74, 6) is -0.215. The normalized spacial score (nSPS) is 10.3. The van der Waals surface area contributed by atoms with Crippen LogP contribution < -0.4 is 16.6 Å². The summed E-state index contributed by atoms with van der Waals surface area (Å²) < 4.78 is 1.17. The molecule has 0 unspecified atom stereocenters. The first-order valence-corrected chi connectivity index (χ1v) is 6.77. The van der Waals surface area contributed by atoms with Crippen LogP contribution in [-0.2, 0) is 24.3 Å². The van der Waals surface area contributed by atoms with E-state index in [2.05, 4.69) is 10.3 Å². The molecule has 1 aromatic heterocycles. The Balaban J connectivity index is 2.02. The second-order valence-electron chi connectivity index (χ2n) is 4.65. The molecule has 1 heterocycles. The number of amides is 1. The minimum absolute atomic E-state index is 0.0641. The van der Waals surface area contributed by atoms with E-state index >= 15 is 0 Å². The van der Waals surface area contributed by atoms with Gasteiger partial charge < -0.3 is 11.1 Å². The second kappa shape index (κ2) is 6.69. The number of hydrogen-bond donors (Lipinski definition) is 2. The van der Waals surface area contributed by atoms with Gasteiger partial charge in [0.1, 0.15) is 6.54 Å². The van der Waals surface area contributed by atoms with Crippen molar-refractivity contribution in [2.24, 2.45) is 0 Å². The maximum atomic E-state index is 11.9. The highest BCUT2D eigenvalue weighted by atomic mass is 16.2. The van der Waals surface area contributed by atoms with E-state index in [1.165, 1.54) is 10.6 Å². The standard InChI is InChI=1S/C15H18N4O2/c1-2-12-8-14(21)19(15(16)18-12)10-13(20)17-9-11-6-4-3-5-7-11/h3-8H,2,9-10H2,1H3,(H2,16,18)(H,17,20). The largest absolute Gasteiger partial charge is 0.369 e. The Hall–Kier alpha value is -2.63. The number of carbonyl (C=O) groups excluding carboxylic acids is 1. The molecule has 0 bridgehead atoms. The van der Waals surface area contributed by atoms with Gasteiger partial charge in [-0.2, -0.15) is 0 Å². The summed E-state index contributed by atoms with van der Waals surface area (Å²) in [6, 6.07) is 10.9. The summed E-state index contributed by atoms with van der Waals surface area (Å²) in [5.41, 5.74) is 7.03. The zero-order valence-electron chi connectivity index (χ0n) is 11.9. The van der Waals surface area contributed by atoms with Crippen molar-refractivity contribution >= 4 is 11.9 Å². The summed E-state index contributed by atoms with van der Waals surface area (Å²) >= 11 is 0. The van der Waals surface area contributed by atoms with Gasteiger partial charge in [-0.15, -0.1) is 0 Å². The molecule has 2 aromatic rings. The predicted octanol–water partition coefficient (Wildman–Crippen LogP) is 0.704. The minimum Gasteiger partial charge on any atom is -0.369 e. The minimum atomic E-state index is -0.311. The number of nitrogens with two attached hydrogens (primary N) is 1. The molecule has 1 amide bonds. The van der Waals surface area contributed by atoms with Crippen LogP contribution in [0.1, 0.15) is 18.2 Å². The molecule has 6 nitrogen and oxygen atoms in total. The van der Waals surface area contributed by atoms with Gasteiger partial charge in [0, 0.05) is 18.3 Å². The van der Waals surface area contributed by atoms with Crippen LogP contribution in [0.4, 0.5) is 5.95 Å². The van der Waals surface area contributed by atoms with Crippen molar-refractivity contribution in [3.05, 3.63) is 58.0 Å². The number of rotatable bonds is 5. The third-order valence-corrected chi connectivity index (χ3v) is 3.09. The van der Waals surface area contributed by atoms with E-state index in [1.807, 2.05) is 37.3 Å². The fraction of sp³-hybridized carbons (Fsp3) is 0.267. The van der Waals surface area contributed by atoms with Crippen LogP contribution in [0.5, 0.6) is 0 Å². The van der Waals surface area contributed by atoms with Gasteiger partial charge in [-0.25, -0.2) is 4.98 Å². The van der Waals surface area contributed by atoms with Gasteiger partial charge in [0.15, 0.2) is 0 Å². The lowest BCUT2D eigenvalue weighted by Gasteiger charge is -2.10. The molecule has 0 saturated heterocycles. The van der Waals surface area contributed by atoms with E-state index < -0.39 is 0 Å². The maximum Gasteiger partial charge on any atom is 0.255 e. The molecule has 21 heavy (non-hydrogen) atoms. The average Bonchev–Trinajstić information content (AvgIpc) is 2.49. The molecule has 0 saturated carbocycles. The van der Waals surface area contributed by atoms with Gasteiger partial charge in [-0.3, -0.25) is 14.2 Å². The Kier molecular flexibility index (Phi) is 4.71. The topological polar surface area (TPSA) is 90.0 Å². The van der Waals surface area contributed by atoms with Crippen LogP contribution in [0.25, 0.3) is 0 Å². The van der Waals surface area contributed by atoms with Gasteiger partial charge in [-0.1, -0.05) is 37.3 Å². The summed E-state index contributed by atoms with van der Waals surface area (Å²) in [6.45, 7) is 2.17. The third-order valence-electron chi connectivity index (χ3n) is 3.09. The lowest BCUT2D eigenvalue weighted by molar-refractivity contribution is -0.121. The summed E-state index contributed by atoms with van der Waals surface area (Å²) in [4.78, 5) is 27.9. The molecular weight excluding hydrogens is 268 g/mol. The zero-order chi connectivity index (χ0) is 15.2. The van der Waals surface area contributed by atoms with Crippen molar-refractivity contribution in [3.63, 3.8) is 0 Å². The predicted molar refractivity (Wildman–Crippen MR) is 80.6 cm³/mol. The molecule has 0 aliphatic heterocycles. The number of aromatic nitrogens is 2. The highest BCUT2D eigenvalue weighted by Crippen LogP contribution is 2.00. The SMILES string of the molecule is CCc1cc(=O)n(CC(=O)NCc2ccccc2)c(N)n1. The van der Waals surface area contributed by atoms with Crippen molar-refractivity contribution in [2.45, 2.75) is 26.4 Å². The number of hydrogen-bond acceptors (Lipinski definition) is 4. The van der Waals surface area contributed by atoms with Crippen LogP contribution in [0.3, 0.4) is 0 Å². The molecule has 0 spiro atoms. The van der Waals surface area contributed by atoms with E-state index in [0.717, 1.165) is 5.56 Å². The lowest BCUT2D eigenvalue weighted by atomic mass is 10.2. The van der Waals surface area contributed by atoms with Crippen LogP contribution >= 0.6 is 0 Å². The quantitative estimate of drug-likeness (QED) is 0.846. The van der Waals surface area contributed by atoms with Crippen LogP contribution in [0.15, 0.2) is 41.2 Å². The average molecular weight is 286 g/mol. The number of carbonyl (C=O) groups is 1. The second-order valence-corrected chi connectivity index (χ2v) is 4.65. The fourth-order valence-corrected chi connectivity index (χ4v) is 1.91. The van der Waals surface area contributed by atoms with Crippen molar-refractivity contribution < 1.29 is 4.79 Å². The van der Waals surface area contributed by atoms with Gasteiger partial charge in [0.2, 0.25) is 11.9 Å². The van der Waals surface area contributed by atoms with Crippen molar-refractivity contribution in [3.8, 4) is 0 Å². The van der Waals surface area contributed by atoms with E-state index in [1.54, 1.807) is 0 Å². The summed E-state index contributed by atoms with van der Waals surface area (Å²) in [6.07, 6.45) is 0.625. The van der Waals surface area contributed by atoms with Gasteiger partial charge in [0.05, 0.1) is 0 Å². The van der Waals surface area contributed by atoms with Crippen LogP contribution in [-0.4, -0.2) is 15.5 Å². The van der Waals surface area contributed by atoms with Gasteiger partial charge >= 0.3 is 0 Å². The molecule has 0 radical (unpaired) electrons. The molecule has 6 heteroatoms. The molecular formula is C15H18N4O2. The smallest absolute Gasteiger partial charge is 0.255 e. The number of aryl methyl sites for hydroxylation is 1. The van der Waals surface area contributed by atoms with E-state index in [4.69, 9.17) is 5.73 Å². The number of benzene rings is 1. The molecule has 0 fully saturated rings. The van der Waals surface area contributed by atoms with E-state index in [9.17, 15) is 9.59 Å². The molecule has 0 aliphatic rings. The molecule has 110 valence electrons. The Morgan fingerprint density at radius 1 is 1.33 bits per heavy atom. The number of anilines is 1. The van der Waals surface area contributed by atoms with Crippen molar-refractivity contribution in [1.29, 1.82) is 0 Å². The number of nitrogen functional groups attached to an aromatic ring is 1. The van der Waals surface area contributed by atoms with E-state index in [0.29, 0.717) is 18.7 Å². The first kappa shape index (κ1) is 14.8. The monoisotopic (exact) mass is 286 g/mol. The zero-order valence-corrected chi connectivity index (χ0v) is 11.9. The van der Waals surface area contributed by atoms with Crippen LogP contribution in [0, 0.1) is 0 Å². The molecule has 3 N–H and O–H groups in total. The Morgan fingerprint density at radius 2 is 2.05 bits per heavy atom. The molecule has 0 aliphatic carbocycles. The highest BCUT2D eigenvalue weighted by Gasteiger charge is 2.09. The fourth-order valence-electron chi connectivity index (χ4n) is 1.91. The van der Waals surface area contributed by atoms with E-state index in [-0.39, 0.29) is 24.0 Å². The number of nitrogens with one attached hydrogen (secondary N) is 1. The van der Waals surface area contributed by atoms with Crippen molar-refractivity contribution in [2.75, 3.05) is 5.73 Å². The number of nitrogens with zero attached hydrogens (tertiary/aromatic N) is 2. The van der Waals surface area contributed by atoms with Crippen molar-refractivity contribution in [1.82, 2.24) is 14.9 Å². The summed E-state index contributed by atoms with van der Waals surface area (Å²) in [7, 11) is 0. The van der Waals surface area contributed by atoms with Gasteiger partial charge in [-0.05, 0) is 12.0 Å². The molecule has 0 atom stereocenters. The summed E-state index contributed by atoms with van der Waals surface area (Å²) in [5, 5.41) is 2.75. The highest BCUT2D eigenvalue weighted by molar-refractivity contribution is 5.76. The first-order valence-electron chi connectivity index (χ1n) is 6.77. The van der Waals surface area contributed by atoms with Crippen LogP contribution in [0.2, 0.25) is 0 Å². The third kappa shape index (κ3) is 3.92. The Morgan fingerprint density at radius 3 is 2.67 bits per heavy atom. The lowest BCUT2D eigenvalue weighted by Crippen LogP contribution is -2.33. The first-order chi connectivity index (χ1) is 10.1. The Bertz CT molecular complexity index is 680. The molecule has 2 rings (SSSR count). The maximum absolute atomic E-state index is 11.9.